The Kier molecular flexibility index (Phi) is 6.88. The summed E-state index contributed by atoms with van der Waals surface area (Å²) in [5.74, 6) is 2.93. The summed E-state index contributed by atoms with van der Waals surface area (Å²) in [7, 11) is 0. The smallest absolute Gasteiger partial charge is 0.0602 e. The number of hydrogen-bond acceptors (Lipinski definition) is 4. The largest absolute Gasteiger partial charge is 0.396 e. The standard InChI is InChI=1S/C27H48O4/c1-16(15-28)6-5-7-17(2)20-8-9-21-25-22(14-24(31)27(20,21)4)26(3)11-10-19(29)12-18(26)13-23(25)30/h16-25,28-31H,5-15H2,1-4H3/t16-,17+,18+,19+,20+,21-,22-,23+,24-,25-,26-,27+/m0/s1. The Morgan fingerprint density at radius 1 is 0.903 bits per heavy atom. The molecule has 0 saturated heterocycles. The number of aliphatic hydroxyl groups excluding tert-OH is 4. The zero-order chi connectivity index (χ0) is 22.6. The average molecular weight is 437 g/mol. The van der Waals surface area contributed by atoms with Crippen LogP contribution in [0.15, 0.2) is 0 Å². The van der Waals surface area contributed by atoms with Crippen LogP contribution < -0.4 is 0 Å². The fourth-order valence-electron chi connectivity index (χ4n) is 9.21. The highest BCUT2D eigenvalue weighted by molar-refractivity contribution is 5.14. The van der Waals surface area contributed by atoms with Crippen molar-refractivity contribution in [3.05, 3.63) is 0 Å². The molecule has 0 heterocycles. The summed E-state index contributed by atoms with van der Waals surface area (Å²) in [5.41, 5.74) is 0.0527. The van der Waals surface area contributed by atoms with Crippen molar-refractivity contribution in [3.8, 4) is 0 Å². The van der Waals surface area contributed by atoms with Crippen LogP contribution in [0.4, 0.5) is 0 Å². The predicted molar refractivity (Wildman–Crippen MR) is 123 cm³/mol. The minimum Gasteiger partial charge on any atom is -0.396 e. The van der Waals surface area contributed by atoms with Gasteiger partial charge in [0.25, 0.3) is 0 Å². The van der Waals surface area contributed by atoms with E-state index in [1.165, 1.54) is 12.8 Å². The molecule has 4 fully saturated rings. The molecule has 4 nitrogen and oxygen atoms in total. The van der Waals surface area contributed by atoms with E-state index in [2.05, 4.69) is 27.7 Å². The van der Waals surface area contributed by atoms with Crippen LogP contribution in [-0.4, -0.2) is 45.3 Å². The van der Waals surface area contributed by atoms with E-state index < -0.39 is 0 Å². The molecule has 0 radical (unpaired) electrons. The molecular formula is C27H48O4. The van der Waals surface area contributed by atoms with Crippen molar-refractivity contribution >= 4 is 0 Å². The Hall–Kier alpha value is -0.160. The van der Waals surface area contributed by atoms with Gasteiger partial charge in [-0.1, -0.05) is 40.5 Å². The summed E-state index contributed by atoms with van der Waals surface area (Å²) in [5, 5.41) is 42.6. The SMILES string of the molecule is C[C@H](CO)CCC[C@@H](C)[C@H]1CC[C@H]2[C@@H]3[C@H](O)C[C@H]4C[C@H](O)CC[C@]4(C)[C@H]3C[C@H](O)[C@]12C. The molecule has 0 spiro atoms. The van der Waals surface area contributed by atoms with E-state index in [-0.39, 0.29) is 35.7 Å². The highest BCUT2D eigenvalue weighted by Gasteiger charge is 2.65. The van der Waals surface area contributed by atoms with Gasteiger partial charge in [0.05, 0.1) is 18.3 Å². The lowest BCUT2D eigenvalue weighted by atomic mass is 9.43. The highest BCUT2D eigenvalue weighted by atomic mass is 16.3. The predicted octanol–water partition coefficient (Wildman–Crippen LogP) is 4.38. The minimum atomic E-state index is -0.292. The zero-order valence-electron chi connectivity index (χ0n) is 20.3. The number of fused-ring (bicyclic) bond motifs is 5. The Balaban J connectivity index is 1.52. The lowest BCUT2D eigenvalue weighted by Crippen LogP contribution is -2.62. The first-order chi connectivity index (χ1) is 14.6. The van der Waals surface area contributed by atoms with Crippen LogP contribution in [0.3, 0.4) is 0 Å². The third-order valence-corrected chi connectivity index (χ3v) is 11.2. The quantitative estimate of drug-likeness (QED) is 0.498. The van der Waals surface area contributed by atoms with E-state index in [1.54, 1.807) is 0 Å². The first kappa shape index (κ1) is 24.0. The summed E-state index contributed by atoms with van der Waals surface area (Å²) >= 11 is 0. The fourth-order valence-corrected chi connectivity index (χ4v) is 9.21. The van der Waals surface area contributed by atoms with Gasteiger partial charge in [0.2, 0.25) is 0 Å². The van der Waals surface area contributed by atoms with Gasteiger partial charge in [0.15, 0.2) is 0 Å². The van der Waals surface area contributed by atoms with Gasteiger partial charge in [-0.2, -0.15) is 0 Å². The van der Waals surface area contributed by atoms with Gasteiger partial charge >= 0.3 is 0 Å². The molecule has 0 aliphatic heterocycles. The Bertz CT molecular complexity index is 624. The lowest BCUT2D eigenvalue weighted by molar-refractivity contribution is -0.207. The topological polar surface area (TPSA) is 80.9 Å². The van der Waals surface area contributed by atoms with Gasteiger partial charge in [0.1, 0.15) is 0 Å². The van der Waals surface area contributed by atoms with Gasteiger partial charge in [0, 0.05) is 6.61 Å². The molecule has 4 aliphatic rings. The number of rotatable bonds is 6. The third kappa shape index (κ3) is 3.92. The monoisotopic (exact) mass is 436 g/mol. The molecule has 0 unspecified atom stereocenters. The van der Waals surface area contributed by atoms with Gasteiger partial charge in [-0.05, 0) is 104 Å². The summed E-state index contributed by atoms with van der Waals surface area (Å²) in [6.45, 7) is 9.51. The van der Waals surface area contributed by atoms with Gasteiger partial charge < -0.3 is 20.4 Å². The molecule has 31 heavy (non-hydrogen) atoms. The highest BCUT2D eigenvalue weighted by Crippen LogP contribution is 2.68. The van der Waals surface area contributed by atoms with Crippen LogP contribution in [0, 0.1) is 52.3 Å². The van der Waals surface area contributed by atoms with E-state index in [0.717, 1.165) is 51.4 Å². The second-order valence-electron chi connectivity index (χ2n) is 12.7. The summed E-state index contributed by atoms with van der Waals surface area (Å²) in [4.78, 5) is 0. The fraction of sp³-hybridized carbons (Fsp3) is 1.00. The lowest BCUT2D eigenvalue weighted by Gasteiger charge is -2.63. The Morgan fingerprint density at radius 2 is 1.65 bits per heavy atom. The molecule has 12 atom stereocenters. The molecular weight excluding hydrogens is 388 g/mol. The van der Waals surface area contributed by atoms with Crippen LogP contribution in [0.1, 0.15) is 91.9 Å². The third-order valence-electron chi connectivity index (χ3n) is 11.2. The molecule has 4 heteroatoms. The average Bonchev–Trinajstić information content (AvgIpc) is 3.08. The van der Waals surface area contributed by atoms with E-state index in [0.29, 0.717) is 41.4 Å². The first-order valence-corrected chi connectivity index (χ1v) is 13.3. The normalized spacial score (nSPS) is 51.5. The second-order valence-corrected chi connectivity index (χ2v) is 12.7. The maximum atomic E-state index is 11.6. The van der Waals surface area contributed by atoms with E-state index in [4.69, 9.17) is 0 Å². The van der Waals surface area contributed by atoms with Crippen molar-refractivity contribution < 1.29 is 20.4 Å². The Morgan fingerprint density at radius 3 is 2.35 bits per heavy atom. The van der Waals surface area contributed by atoms with E-state index >= 15 is 0 Å². The van der Waals surface area contributed by atoms with Crippen LogP contribution in [0.5, 0.6) is 0 Å². The molecule has 0 amide bonds. The van der Waals surface area contributed by atoms with Crippen molar-refractivity contribution in [2.24, 2.45) is 52.3 Å². The molecule has 0 aromatic heterocycles. The summed E-state index contributed by atoms with van der Waals surface area (Å²) in [6, 6.07) is 0. The summed E-state index contributed by atoms with van der Waals surface area (Å²) < 4.78 is 0. The molecule has 4 aliphatic carbocycles. The maximum absolute atomic E-state index is 11.6. The van der Waals surface area contributed by atoms with Crippen LogP contribution in [0.25, 0.3) is 0 Å². The van der Waals surface area contributed by atoms with Gasteiger partial charge in [-0.15, -0.1) is 0 Å². The van der Waals surface area contributed by atoms with Crippen LogP contribution in [-0.2, 0) is 0 Å². The van der Waals surface area contributed by atoms with Crippen molar-refractivity contribution in [2.45, 2.75) is 110 Å². The van der Waals surface area contributed by atoms with Gasteiger partial charge in [-0.3, -0.25) is 0 Å². The van der Waals surface area contributed by atoms with Crippen LogP contribution in [0.2, 0.25) is 0 Å². The molecule has 180 valence electrons. The number of aliphatic hydroxyl groups is 4. The zero-order valence-corrected chi connectivity index (χ0v) is 20.3. The van der Waals surface area contributed by atoms with Gasteiger partial charge in [-0.25, -0.2) is 0 Å². The number of hydrogen-bond donors (Lipinski definition) is 4. The van der Waals surface area contributed by atoms with E-state index in [1.807, 2.05) is 0 Å². The van der Waals surface area contributed by atoms with Crippen molar-refractivity contribution in [2.75, 3.05) is 6.61 Å². The molecule has 0 bridgehead atoms. The molecule has 4 rings (SSSR count). The molecule has 4 N–H and O–H groups in total. The van der Waals surface area contributed by atoms with Crippen molar-refractivity contribution in [3.63, 3.8) is 0 Å². The minimum absolute atomic E-state index is 0.0957. The summed E-state index contributed by atoms with van der Waals surface area (Å²) in [6.07, 6.45) is 9.27. The van der Waals surface area contributed by atoms with E-state index in [9.17, 15) is 20.4 Å². The second kappa shape index (κ2) is 8.89. The molecule has 0 aromatic rings. The maximum Gasteiger partial charge on any atom is 0.0602 e. The van der Waals surface area contributed by atoms with Crippen molar-refractivity contribution in [1.29, 1.82) is 0 Å². The first-order valence-electron chi connectivity index (χ1n) is 13.3. The van der Waals surface area contributed by atoms with Crippen LogP contribution >= 0.6 is 0 Å². The molecule has 4 saturated carbocycles. The Labute approximate surface area is 189 Å². The van der Waals surface area contributed by atoms with Crippen molar-refractivity contribution in [1.82, 2.24) is 0 Å². The molecule has 0 aromatic carbocycles.